The summed E-state index contributed by atoms with van der Waals surface area (Å²) in [5.74, 6) is -0.340. The van der Waals surface area contributed by atoms with E-state index >= 15 is 0 Å². The predicted molar refractivity (Wildman–Crippen MR) is 160 cm³/mol. The smallest absolute Gasteiger partial charge is 0.329 e. The molecule has 2 aromatic rings. The molecule has 0 fully saturated rings. The summed E-state index contributed by atoms with van der Waals surface area (Å²) in [7, 11) is 8.32. The largest absolute Gasteiger partial charge is 0.493 e. The van der Waals surface area contributed by atoms with Gasteiger partial charge in [0.1, 0.15) is 12.1 Å². The second-order valence-corrected chi connectivity index (χ2v) is 10.8. The third-order valence-electron chi connectivity index (χ3n) is 5.60. The molecule has 0 aliphatic heterocycles. The van der Waals surface area contributed by atoms with Crippen LogP contribution >= 0.6 is 21.6 Å². The third-order valence-corrected chi connectivity index (χ3v) is 8.02. The summed E-state index contributed by atoms with van der Waals surface area (Å²) in [6.07, 6.45) is 0. The van der Waals surface area contributed by atoms with Crippen LogP contribution in [0.25, 0.3) is 0 Å². The molecule has 42 heavy (non-hydrogen) atoms. The number of hydrogen-bond acceptors (Lipinski definition) is 12. The van der Waals surface area contributed by atoms with Crippen molar-refractivity contribution < 1.29 is 47.6 Å². The lowest BCUT2D eigenvalue weighted by atomic mass is 10.1. The lowest BCUT2D eigenvalue weighted by Crippen LogP contribution is -2.44. The van der Waals surface area contributed by atoms with Crippen LogP contribution in [-0.2, 0) is 19.1 Å². The van der Waals surface area contributed by atoms with Gasteiger partial charge in [0.05, 0.1) is 41.7 Å². The van der Waals surface area contributed by atoms with Gasteiger partial charge in [0, 0.05) is 22.6 Å². The molecule has 0 bridgehead atoms. The van der Waals surface area contributed by atoms with Gasteiger partial charge < -0.3 is 39.1 Å². The summed E-state index contributed by atoms with van der Waals surface area (Å²) < 4.78 is 31.2. The molecule has 0 aromatic heterocycles. The second-order valence-electron chi connectivity index (χ2n) is 8.26. The zero-order valence-electron chi connectivity index (χ0n) is 24.3. The molecule has 2 amide bonds. The first-order chi connectivity index (χ1) is 20.2. The van der Waals surface area contributed by atoms with Crippen LogP contribution in [0.1, 0.15) is 34.6 Å². The van der Waals surface area contributed by atoms with E-state index in [4.69, 9.17) is 28.4 Å². The van der Waals surface area contributed by atoms with E-state index in [1.54, 1.807) is 38.1 Å². The van der Waals surface area contributed by atoms with Crippen molar-refractivity contribution in [2.45, 2.75) is 25.9 Å². The standard InChI is InChI=1S/C28H36N2O10S2/c1-7-39-27(33)19(29-25(31)17-9-11-21(35-3)23(13-17)37-5)15-41-42-16-20(28(34)40-8-2)30-26(32)18-10-12-22(36-4)24(14-18)38-6/h9-14,19-20H,7-8,15-16H2,1-6H3,(H,29,31)(H,30,32)/t19-,20-/m0/s1. The van der Waals surface area contributed by atoms with Gasteiger partial charge in [0.2, 0.25) is 0 Å². The maximum atomic E-state index is 12.9. The molecule has 0 unspecified atom stereocenters. The van der Waals surface area contributed by atoms with Crippen LogP contribution in [-0.4, -0.2) is 89.0 Å². The van der Waals surface area contributed by atoms with Gasteiger partial charge in [-0.2, -0.15) is 0 Å². The molecule has 2 atom stereocenters. The minimum Gasteiger partial charge on any atom is -0.493 e. The highest BCUT2D eigenvalue weighted by atomic mass is 33.1. The monoisotopic (exact) mass is 624 g/mol. The van der Waals surface area contributed by atoms with Crippen molar-refractivity contribution in [1.29, 1.82) is 0 Å². The fourth-order valence-electron chi connectivity index (χ4n) is 3.49. The molecule has 0 aliphatic carbocycles. The van der Waals surface area contributed by atoms with Crippen molar-refractivity contribution in [2.75, 3.05) is 53.2 Å². The molecule has 2 N–H and O–H groups in total. The molecular formula is C28H36N2O10S2. The first-order valence-electron chi connectivity index (χ1n) is 12.9. The zero-order valence-corrected chi connectivity index (χ0v) is 26.0. The molecule has 0 saturated carbocycles. The van der Waals surface area contributed by atoms with Crippen molar-refractivity contribution >= 4 is 45.3 Å². The van der Waals surface area contributed by atoms with E-state index < -0.39 is 35.8 Å². The first kappa shape index (κ1) is 34.4. The Labute approximate surface area is 252 Å². The molecule has 230 valence electrons. The van der Waals surface area contributed by atoms with Gasteiger partial charge in [-0.15, -0.1) is 0 Å². The van der Waals surface area contributed by atoms with E-state index in [1.807, 2.05) is 0 Å². The number of methoxy groups -OCH3 is 4. The average Bonchev–Trinajstić information content (AvgIpc) is 3.00. The van der Waals surface area contributed by atoms with Gasteiger partial charge in [-0.3, -0.25) is 9.59 Å². The van der Waals surface area contributed by atoms with Gasteiger partial charge in [0.15, 0.2) is 23.0 Å². The Hall–Kier alpha value is -3.78. The Morgan fingerprint density at radius 1 is 0.619 bits per heavy atom. The van der Waals surface area contributed by atoms with E-state index in [-0.39, 0.29) is 35.8 Å². The van der Waals surface area contributed by atoms with Crippen LogP contribution in [0.5, 0.6) is 23.0 Å². The molecule has 14 heteroatoms. The average molecular weight is 625 g/mol. The summed E-state index contributed by atoms with van der Waals surface area (Å²) in [6.45, 7) is 3.59. The van der Waals surface area contributed by atoms with Crippen molar-refractivity contribution in [3.63, 3.8) is 0 Å². The van der Waals surface area contributed by atoms with Crippen molar-refractivity contribution in [2.24, 2.45) is 0 Å². The van der Waals surface area contributed by atoms with E-state index in [9.17, 15) is 19.2 Å². The van der Waals surface area contributed by atoms with Crippen LogP contribution in [0.4, 0.5) is 0 Å². The van der Waals surface area contributed by atoms with E-state index in [0.717, 1.165) is 0 Å². The Balaban J connectivity index is 2.07. The van der Waals surface area contributed by atoms with Gasteiger partial charge in [-0.1, -0.05) is 21.6 Å². The van der Waals surface area contributed by atoms with Crippen LogP contribution in [0.3, 0.4) is 0 Å². The minimum atomic E-state index is -0.981. The molecule has 0 radical (unpaired) electrons. The molecule has 0 saturated heterocycles. The number of amides is 2. The Kier molecular flexibility index (Phi) is 14.7. The number of carbonyl (C=O) groups is 4. The number of hydrogen-bond donors (Lipinski definition) is 2. The number of ether oxygens (including phenoxy) is 6. The van der Waals surface area contributed by atoms with Gasteiger partial charge >= 0.3 is 11.9 Å². The topological polar surface area (TPSA) is 148 Å². The lowest BCUT2D eigenvalue weighted by molar-refractivity contribution is -0.145. The maximum absolute atomic E-state index is 12.9. The van der Waals surface area contributed by atoms with Gasteiger partial charge in [0.25, 0.3) is 11.8 Å². The molecule has 12 nitrogen and oxygen atoms in total. The normalized spacial score (nSPS) is 11.9. The number of nitrogens with one attached hydrogen (secondary N) is 2. The highest BCUT2D eigenvalue weighted by Gasteiger charge is 2.26. The Morgan fingerprint density at radius 3 is 1.29 bits per heavy atom. The fourth-order valence-corrected chi connectivity index (χ4v) is 5.79. The van der Waals surface area contributed by atoms with Crippen molar-refractivity contribution in [3.8, 4) is 23.0 Å². The van der Waals surface area contributed by atoms with E-state index in [2.05, 4.69) is 10.6 Å². The van der Waals surface area contributed by atoms with Crippen LogP contribution in [0.15, 0.2) is 36.4 Å². The number of benzene rings is 2. The molecule has 0 aliphatic rings. The summed E-state index contributed by atoms with van der Waals surface area (Å²) in [5, 5.41) is 5.37. The molecule has 2 aromatic carbocycles. The van der Waals surface area contributed by atoms with Gasteiger partial charge in [-0.25, -0.2) is 9.59 Å². The second kappa shape index (κ2) is 17.9. The maximum Gasteiger partial charge on any atom is 0.329 e. The first-order valence-corrected chi connectivity index (χ1v) is 15.3. The van der Waals surface area contributed by atoms with Crippen molar-refractivity contribution in [1.82, 2.24) is 10.6 Å². The molecule has 2 rings (SSSR count). The molecule has 0 spiro atoms. The summed E-state index contributed by atoms with van der Waals surface area (Å²) in [6, 6.07) is 7.31. The lowest BCUT2D eigenvalue weighted by Gasteiger charge is -2.19. The minimum absolute atomic E-state index is 0.127. The third kappa shape index (κ3) is 9.94. The summed E-state index contributed by atoms with van der Waals surface area (Å²) in [5.41, 5.74) is 0.528. The van der Waals surface area contributed by atoms with Crippen LogP contribution in [0.2, 0.25) is 0 Å². The SMILES string of the molecule is CCOC(=O)[C@H](CSSC[C@H](NC(=O)c1ccc(OC)c(OC)c1)C(=O)OCC)NC(=O)c1ccc(OC)c(OC)c1. The van der Waals surface area contributed by atoms with Crippen LogP contribution in [0, 0.1) is 0 Å². The number of esters is 2. The van der Waals surface area contributed by atoms with E-state index in [1.165, 1.54) is 62.2 Å². The molecular weight excluding hydrogens is 588 g/mol. The number of carbonyl (C=O) groups excluding carboxylic acids is 4. The summed E-state index contributed by atoms with van der Waals surface area (Å²) >= 11 is 0. The Morgan fingerprint density at radius 2 is 0.976 bits per heavy atom. The van der Waals surface area contributed by atoms with E-state index in [0.29, 0.717) is 23.0 Å². The summed E-state index contributed by atoms with van der Waals surface area (Å²) in [4.78, 5) is 51.0. The van der Waals surface area contributed by atoms with Crippen molar-refractivity contribution in [3.05, 3.63) is 47.5 Å². The predicted octanol–water partition coefficient (Wildman–Crippen LogP) is 3.13. The highest BCUT2D eigenvalue weighted by molar-refractivity contribution is 8.76. The Bertz CT molecular complexity index is 1130. The number of rotatable bonds is 17. The fraction of sp³-hybridized carbons (Fsp3) is 0.429. The quantitative estimate of drug-likeness (QED) is 0.151. The van der Waals surface area contributed by atoms with Crippen LogP contribution < -0.4 is 29.6 Å². The molecule has 0 heterocycles. The van der Waals surface area contributed by atoms with Gasteiger partial charge in [-0.05, 0) is 50.2 Å². The highest BCUT2D eigenvalue weighted by Crippen LogP contribution is 2.29. The zero-order chi connectivity index (χ0) is 31.1.